The Balaban J connectivity index is 1.35. The van der Waals surface area contributed by atoms with Gasteiger partial charge in [0.2, 0.25) is 5.91 Å². The standard InChI is InChI=1S/C16H17N5O2S/c22-14(11-21-7-2-6-17-21)20-8-4-12(5-9-20)15-18-19-16(24-15)13-3-1-10-23-13/h1-3,6-7,10,12H,4-5,8-9,11H2. The maximum Gasteiger partial charge on any atom is 0.244 e. The van der Waals surface area contributed by atoms with Gasteiger partial charge in [-0.15, -0.1) is 10.2 Å². The highest BCUT2D eigenvalue weighted by atomic mass is 32.1. The van der Waals surface area contributed by atoms with Crippen LogP contribution in [0.3, 0.4) is 0 Å². The fourth-order valence-corrected chi connectivity index (χ4v) is 3.89. The molecule has 1 aliphatic rings. The summed E-state index contributed by atoms with van der Waals surface area (Å²) >= 11 is 1.58. The molecule has 0 spiro atoms. The Bertz CT molecular complexity index is 788. The number of nitrogens with zero attached hydrogens (tertiary/aromatic N) is 5. The highest BCUT2D eigenvalue weighted by Gasteiger charge is 2.26. The summed E-state index contributed by atoms with van der Waals surface area (Å²) in [7, 11) is 0. The van der Waals surface area contributed by atoms with Gasteiger partial charge >= 0.3 is 0 Å². The predicted molar refractivity (Wildman–Crippen MR) is 88.4 cm³/mol. The topological polar surface area (TPSA) is 77.1 Å². The van der Waals surface area contributed by atoms with Crippen LogP contribution in [0.2, 0.25) is 0 Å². The van der Waals surface area contributed by atoms with Gasteiger partial charge in [-0.2, -0.15) is 5.10 Å². The van der Waals surface area contributed by atoms with Gasteiger partial charge < -0.3 is 9.32 Å². The van der Waals surface area contributed by atoms with E-state index in [9.17, 15) is 4.79 Å². The van der Waals surface area contributed by atoms with Crippen molar-refractivity contribution in [1.29, 1.82) is 0 Å². The van der Waals surface area contributed by atoms with Gasteiger partial charge in [0.1, 0.15) is 11.6 Å². The Kier molecular flexibility index (Phi) is 4.12. The van der Waals surface area contributed by atoms with E-state index in [0.29, 0.717) is 12.5 Å². The SMILES string of the molecule is O=C(Cn1cccn1)N1CCC(c2nnc(-c3ccco3)s2)CC1. The van der Waals surface area contributed by atoms with E-state index in [0.717, 1.165) is 41.7 Å². The summed E-state index contributed by atoms with van der Waals surface area (Å²) in [6.07, 6.45) is 6.96. The number of amides is 1. The second kappa shape index (κ2) is 6.56. The third kappa shape index (κ3) is 3.09. The summed E-state index contributed by atoms with van der Waals surface area (Å²) in [5.41, 5.74) is 0. The third-order valence-corrected chi connectivity index (χ3v) is 5.33. The fraction of sp³-hybridized carbons (Fsp3) is 0.375. The number of piperidine rings is 1. The zero-order valence-corrected chi connectivity index (χ0v) is 13.9. The molecule has 0 aromatic carbocycles. The summed E-state index contributed by atoms with van der Waals surface area (Å²) in [5, 5.41) is 14.5. The average molecular weight is 343 g/mol. The summed E-state index contributed by atoms with van der Waals surface area (Å²) in [6, 6.07) is 5.56. The van der Waals surface area contributed by atoms with Crippen LogP contribution < -0.4 is 0 Å². The van der Waals surface area contributed by atoms with E-state index >= 15 is 0 Å². The maximum atomic E-state index is 12.3. The Morgan fingerprint density at radius 2 is 2.17 bits per heavy atom. The van der Waals surface area contributed by atoms with Gasteiger partial charge in [-0.3, -0.25) is 9.48 Å². The molecule has 3 aromatic rings. The van der Waals surface area contributed by atoms with Crippen LogP contribution in [0, 0.1) is 0 Å². The number of furan rings is 1. The van der Waals surface area contributed by atoms with Crippen molar-refractivity contribution in [2.24, 2.45) is 0 Å². The molecule has 0 bridgehead atoms. The zero-order valence-electron chi connectivity index (χ0n) is 13.0. The van der Waals surface area contributed by atoms with Crippen molar-refractivity contribution in [1.82, 2.24) is 24.9 Å². The van der Waals surface area contributed by atoms with Crippen LogP contribution in [0.5, 0.6) is 0 Å². The van der Waals surface area contributed by atoms with Crippen molar-refractivity contribution in [3.63, 3.8) is 0 Å². The number of rotatable bonds is 4. The zero-order chi connectivity index (χ0) is 16.4. The van der Waals surface area contributed by atoms with E-state index in [1.165, 1.54) is 0 Å². The molecule has 0 saturated carbocycles. The van der Waals surface area contributed by atoms with Gasteiger partial charge in [0.25, 0.3) is 0 Å². The second-order valence-electron chi connectivity index (χ2n) is 5.78. The van der Waals surface area contributed by atoms with Gasteiger partial charge in [0.15, 0.2) is 10.8 Å². The summed E-state index contributed by atoms with van der Waals surface area (Å²) in [4.78, 5) is 14.2. The Hall–Kier alpha value is -2.48. The molecule has 0 radical (unpaired) electrons. The van der Waals surface area contributed by atoms with Crippen molar-refractivity contribution in [3.05, 3.63) is 41.9 Å². The number of carbonyl (C=O) groups is 1. The van der Waals surface area contributed by atoms with Crippen molar-refractivity contribution in [3.8, 4) is 10.8 Å². The van der Waals surface area contributed by atoms with E-state index < -0.39 is 0 Å². The lowest BCUT2D eigenvalue weighted by Gasteiger charge is -2.30. The molecule has 1 saturated heterocycles. The molecular formula is C16H17N5O2S. The van der Waals surface area contributed by atoms with E-state index in [-0.39, 0.29) is 5.91 Å². The lowest BCUT2D eigenvalue weighted by molar-refractivity contribution is -0.133. The first kappa shape index (κ1) is 15.1. The number of aromatic nitrogens is 4. The third-order valence-electron chi connectivity index (χ3n) is 4.23. The van der Waals surface area contributed by atoms with Crippen LogP contribution >= 0.6 is 11.3 Å². The minimum atomic E-state index is 0.116. The molecule has 4 heterocycles. The molecule has 1 amide bonds. The normalized spacial score (nSPS) is 15.8. The first-order valence-corrected chi connectivity index (χ1v) is 8.74. The Morgan fingerprint density at radius 1 is 1.29 bits per heavy atom. The smallest absolute Gasteiger partial charge is 0.244 e. The fourth-order valence-electron chi connectivity index (χ4n) is 2.91. The minimum absolute atomic E-state index is 0.116. The molecule has 0 aliphatic carbocycles. The van der Waals surface area contributed by atoms with Gasteiger partial charge in [0.05, 0.1) is 6.26 Å². The first-order chi connectivity index (χ1) is 11.8. The molecule has 0 N–H and O–H groups in total. The van der Waals surface area contributed by atoms with Crippen LogP contribution in [0.1, 0.15) is 23.8 Å². The van der Waals surface area contributed by atoms with E-state index in [4.69, 9.17) is 4.42 Å². The van der Waals surface area contributed by atoms with Crippen molar-refractivity contribution >= 4 is 17.2 Å². The summed E-state index contributed by atoms with van der Waals surface area (Å²) in [6.45, 7) is 1.81. The van der Waals surface area contributed by atoms with Crippen LogP contribution in [0.25, 0.3) is 10.8 Å². The first-order valence-electron chi connectivity index (χ1n) is 7.92. The van der Waals surface area contributed by atoms with Gasteiger partial charge in [0, 0.05) is 31.4 Å². The molecule has 7 nitrogen and oxygen atoms in total. The summed E-state index contributed by atoms with van der Waals surface area (Å²) in [5.74, 6) is 1.23. The van der Waals surface area contributed by atoms with Crippen LogP contribution in [0.4, 0.5) is 0 Å². The number of hydrogen-bond donors (Lipinski definition) is 0. The number of hydrogen-bond acceptors (Lipinski definition) is 6. The second-order valence-corrected chi connectivity index (χ2v) is 6.79. The molecule has 0 atom stereocenters. The van der Waals surface area contributed by atoms with Crippen LogP contribution in [-0.4, -0.2) is 43.9 Å². The molecular weight excluding hydrogens is 326 g/mol. The predicted octanol–water partition coefficient (Wildman–Crippen LogP) is 2.40. The Labute approximate surface area is 142 Å². The van der Waals surface area contributed by atoms with Crippen molar-refractivity contribution in [2.45, 2.75) is 25.3 Å². The van der Waals surface area contributed by atoms with Crippen LogP contribution in [-0.2, 0) is 11.3 Å². The monoisotopic (exact) mass is 343 g/mol. The van der Waals surface area contributed by atoms with Crippen molar-refractivity contribution in [2.75, 3.05) is 13.1 Å². The number of likely N-dealkylation sites (tertiary alicyclic amines) is 1. The highest BCUT2D eigenvalue weighted by Crippen LogP contribution is 2.33. The van der Waals surface area contributed by atoms with Gasteiger partial charge in [-0.05, 0) is 31.0 Å². The molecule has 124 valence electrons. The van der Waals surface area contributed by atoms with Crippen LogP contribution in [0.15, 0.2) is 41.3 Å². The van der Waals surface area contributed by atoms with E-state index in [1.54, 1.807) is 28.5 Å². The summed E-state index contributed by atoms with van der Waals surface area (Å²) < 4.78 is 7.03. The molecule has 3 aromatic heterocycles. The minimum Gasteiger partial charge on any atom is -0.462 e. The quantitative estimate of drug-likeness (QED) is 0.727. The molecule has 1 aliphatic heterocycles. The lowest BCUT2D eigenvalue weighted by Crippen LogP contribution is -2.39. The highest BCUT2D eigenvalue weighted by molar-refractivity contribution is 7.14. The molecule has 4 rings (SSSR count). The molecule has 8 heteroatoms. The molecule has 1 fully saturated rings. The van der Waals surface area contributed by atoms with Crippen molar-refractivity contribution < 1.29 is 9.21 Å². The van der Waals surface area contributed by atoms with Gasteiger partial charge in [-0.25, -0.2) is 0 Å². The van der Waals surface area contributed by atoms with Gasteiger partial charge in [-0.1, -0.05) is 11.3 Å². The number of carbonyl (C=O) groups excluding carboxylic acids is 1. The maximum absolute atomic E-state index is 12.3. The lowest BCUT2D eigenvalue weighted by atomic mass is 9.97. The van der Waals surface area contributed by atoms with E-state index in [2.05, 4.69) is 15.3 Å². The van der Waals surface area contributed by atoms with E-state index in [1.807, 2.05) is 29.3 Å². The molecule has 24 heavy (non-hydrogen) atoms. The Morgan fingerprint density at radius 3 is 2.88 bits per heavy atom. The largest absolute Gasteiger partial charge is 0.462 e. The average Bonchev–Trinajstić information content (AvgIpc) is 3.36. The molecule has 0 unspecified atom stereocenters.